The van der Waals surface area contributed by atoms with Gasteiger partial charge in [0.2, 0.25) is 5.78 Å². The van der Waals surface area contributed by atoms with Gasteiger partial charge in [-0.3, -0.25) is 9.59 Å². The van der Waals surface area contributed by atoms with Crippen LogP contribution < -0.4 is 4.74 Å². The summed E-state index contributed by atoms with van der Waals surface area (Å²) in [5.74, 6) is -0.361. The molecule has 6 heteroatoms. The lowest BCUT2D eigenvalue weighted by Crippen LogP contribution is -2.16. The highest BCUT2D eigenvalue weighted by atomic mass is 19.1. The molecular formula is C24H24FNO4. The molecule has 1 aromatic heterocycles. The number of halogens is 1. The second kappa shape index (κ2) is 9.39. The zero-order chi connectivity index (χ0) is 21.7. The van der Waals surface area contributed by atoms with Gasteiger partial charge in [-0.2, -0.15) is 0 Å². The molecule has 0 aliphatic heterocycles. The first-order valence-electron chi connectivity index (χ1n) is 9.60. The normalized spacial score (nSPS) is 10.7. The van der Waals surface area contributed by atoms with Crippen LogP contribution in [0.3, 0.4) is 0 Å². The number of ether oxygens (including phenoxy) is 2. The summed E-state index contributed by atoms with van der Waals surface area (Å²) in [4.78, 5) is 24.7. The van der Waals surface area contributed by atoms with Crippen molar-refractivity contribution in [3.05, 3.63) is 88.5 Å². The van der Waals surface area contributed by atoms with Crippen LogP contribution in [0.15, 0.2) is 54.6 Å². The van der Waals surface area contributed by atoms with Gasteiger partial charge in [-0.05, 0) is 55.3 Å². The molecule has 0 spiro atoms. The number of benzene rings is 2. The van der Waals surface area contributed by atoms with Crippen LogP contribution in [0.25, 0.3) is 0 Å². The van der Waals surface area contributed by atoms with Crippen molar-refractivity contribution in [1.29, 1.82) is 0 Å². The minimum absolute atomic E-state index is 0.0636. The molecule has 0 unspecified atom stereocenters. The van der Waals surface area contributed by atoms with E-state index in [1.807, 2.05) is 18.4 Å². The van der Waals surface area contributed by atoms with Crippen molar-refractivity contribution in [3.63, 3.8) is 0 Å². The number of aryl methyl sites for hydroxylation is 1. The first-order valence-corrected chi connectivity index (χ1v) is 9.60. The highest BCUT2D eigenvalue weighted by Crippen LogP contribution is 2.19. The Morgan fingerprint density at radius 2 is 1.73 bits per heavy atom. The average Bonchev–Trinajstić information content (AvgIpc) is 3.02. The molecule has 0 fully saturated rings. The van der Waals surface area contributed by atoms with E-state index in [2.05, 4.69) is 0 Å². The second-order valence-corrected chi connectivity index (χ2v) is 7.11. The average molecular weight is 409 g/mol. The summed E-state index contributed by atoms with van der Waals surface area (Å²) >= 11 is 0. The van der Waals surface area contributed by atoms with Crippen LogP contribution in [0.5, 0.6) is 5.75 Å². The molecule has 0 saturated heterocycles. The second-order valence-electron chi connectivity index (χ2n) is 7.11. The van der Waals surface area contributed by atoms with Gasteiger partial charge in [0.05, 0.1) is 13.5 Å². The minimum atomic E-state index is -0.475. The van der Waals surface area contributed by atoms with Crippen LogP contribution in [0, 0.1) is 19.7 Å². The molecule has 5 nitrogen and oxygen atoms in total. The molecule has 0 aliphatic carbocycles. The molecule has 2 aromatic carbocycles. The lowest BCUT2D eigenvalue weighted by Gasteiger charge is -2.10. The Morgan fingerprint density at radius 1 is 1.00 bits per heavy atom. The topological polar surface area (TPSA) is 57.5 Å². The van der Waals surface area contributed by atoms with E-state index < -0.39 is 5.97 Å². The lowest BCUT2D eigenvalue weighted by atomic mass is 10.1. The van der Waals surface area contributed by atoms with Crippen molar-refractivity contribution in [3.8, 4) is 5.75 Å². The third-order valence-corrected chi connectivity index (χ3v) is 4.97. The Bertz CT molecular complexity index is 1050. The molecule has 0 N–H and O–H groups in total. The Labute approximate surface area is 175 Å². The van der Waals surface area contributed by atoms with Crippen LogP contribution in [0.4, 0.5) is 4.39 Å². The zero-order valence-corrected chi connectivity index (χ0v) is 17.3. The Morgan fingerprint density at radius 3 is 2.43 bits per heavy atom. The van der Waals surface area contributed by atoms with Crippen molar-refractivity contribution in [1.82, 2.24) is 4.57 Å². The van der Waals surface area contributed by atoms with Crippen LogP contribution in [0.2, 0.25) is 0 Å². The number of rotatable bonds is 8. The molecule has 0 aliphatic rings. The van der Waals surface area contributed by atoms with E-state index in [0.29, 0.717) is 17.9 Å². The van der Waals surface area contributed by atoms with Crippen LogP contribution in [0.1, 0.15) is 32.9 Å². The summed E-state index contributed by atoms with van der Waals surface area (Å²) in [6.07, 6.45) is 0.0636. The first-order chi connectivity index (χ1) is 14.4. The van der Waals surface area contributed by atoms with Gasteiger partial charge in [-0.15, -0.1) is 0 Å². The van der Waals surface area contributed by atoms with Crippen molar-refractivity contribution in [2.45, 2.75) is 26.8 Å². The monoisotopic (exact) mass is 409 g/mol. The number of hydrogen-bond donors (Lipinski definition) is 0. The van der Waals surface area contributed by atoms with E-state index in [-0.39, 0.29) is 24.6 Å². The van der Waals surface area contributed by atoms with E-state index in [9.17, 15) is 14.0 Å². The zero-order valence-electron chi connectivity index (χ0n) is 17.3. The summed E-state index contributed by atoms with van der Waals surface area (Å²) in [5.41, 5.74) is 3.89. The highest BCUT2D eigenvalue weighted by Gasteiger charge is 2.18. The van der Waals surface area contributed by atoms with Crippen LogP contribution in [-0.4, -0.2) is 30.0 Å². The molecule has 3 aromatic rings. The molecule has 0 amide bonds. The SMILES string of the molecule is COc1cccc(CC(=O)OCC(=O)c2cc(C)n(Cc3ccc(F)cc3)c2C)c1. The predicted octanol–water partition coefficient (Wildman–Crippen LogP) is 4.27. The smallest absolute Gasteiger partial charge is 0.310 e. The molecular weight excluding hydrogens is 385 g/mol. The Kier molecular flexibility index (Phi) is 6.67. The van der Waals surface area contributed by atoms with Gasteiger partial charge in [0, 0.05) is 23.5 Å². The lowest BCUT2D eigenvalue weighted by molar-refractivity contribution is -0.141. The third kappa shape index (κ3) is 5.14. The van der Waals surface area contributed by atoms with Crippen molar-refractivity contribution < 1.29 is 23.5 Å². The minimum Gasteiger partial charge on any atom is -0.497 e. The summed E-state index contributed by atoms with van der Waals surface area (Å²) in [6.45, 7) is 3.97. The number of esters is 1. The molecule has 0 bridgehead atoms. The number of carbonyl (C=O) groups is 2. The fourth-order valence-electron chi connectivity index (χ4n) is 3.32. The molecule has 1 heterocycles. The molecule has 156 valence electrons. The number of ketones is 1. The molecule has 30 heavy (non-hydrogen) atoms. The summed E-state index contributed by atoms with van der Waals surface area (Å²) < 4.78 is 25.4. The number of nitrogens with zero attached hydrogens (tertiary/aromatic N) is 1. The maximum absolute atomic E-state index is 13.1. The number of hydrogen-bond acceptors (Lipinski definition) is 4. The summed E-state index contributed by atoms with van der Waals surface area (Å²) in [6, 6.07) is 15.2. The van der Waals surface area contributed by atoms with E-state index in [1.54, 1.807) is 49.6 Å². The van der Waals surface area contributed by atoms with Gasteiger partial charge in [-0.25, -0.2) is 4.39 Å². The van der Waals surface area contributed by atoms with Gasteiger partial charge in [0.25, 0.3) is 0 Å². The van der Waals surface area contributed by atoms with Crippen LogP contribution >= 0.6 is 0 Å². The first kappa shape index (κ1) is 21.3. The molecule has 0 atom stereocenters. The number of aromatic nitrogens is 1. The number of carbonyl (C=O) groups excluding carboxylic acids is 2. The molecule has 0 saturated carbocycles. The molecule has 0 radical (unpaired) electrons. The number of methoxy groups -OCH3 is 1. The van der Waals surface area contributed by atoms with Gasteiger partial charge in [0.15, 0.2) is 6.61 Å². The predicted molar refractivity (Wildman–Crippen MR) is 111 cm³/mol. The standard InChI is InChI=1S/C24H24FNO4/c1-16-11-22(17(2)26(16)14-18-7-9-20(25)10-8-18)23(27)15-30-24(28)13-19-5-4-6-21(12-19)29-3/h4-12H,13-15H2,1-3H3. The van der Waals surface area contributed by atoms with Crippen LogP contribution in [-0.2, 0) is 22.5 Å². The summed E-state index contributed by atoms with van der Waals surface area (Å²) in [5, 5.41) is 0. The van der Waals surface area contributed by atoms with Gasteiger partial charge in [-0.1, -0.05) is 24.3 Å². The number of Topliss-reactive ketones (excluding diaryl/α,β-unsaturated/α-hetero) is 1. The Balaban J connectivity index is 1.62. The van der Waals surface area contributed by atoms with Gasteiger partial charge < -0.3 is 14.0 Å². The largest absolute Gasteiger partial charge is 0.497 e. The maximum Gasteiger partial charge on any atom is 0.310 e. The van der Waals surface area contributed by atoms with Gasteiger partial charge >= 0.3 is 5.97 Å². The maximum atomic E-state index is 13.1. The fourth-order valence-corrected chi connectivity index (χ4v) is 3.32. The van der Waals surface area contributed by atoms with Crippen molar-refractivity contribution in [2.75, 3.05) is 13.7 Å². The quantitative estimate of drug-likeness (QED) is 0.412. The molecule has 3 rings (SSSR count). The van der Waals surface area contributed by atoms with E-state index in [1.165, 1.54) is 12.1 Å². The Hall–Kier alpha value is -3.41. The van der Waals surface area contributed by atoms with E-state index in [4.69, 9.17) is 9.47 Å². The van der Waals surface area contributed by atoms with E-state index >= 15 is 0 Å². The van der Waals surface area contributed by atoms with E-state index in [0.717, 1.165) is 22.5 Å². The highest BCUT2D eigenvalue weighted by molar-refractivity contribution is 5.99. The van der Waals surface area contributed by atoms with Gasteiger partial charge in [0.1, 0.15) is 11.6 Å². The van der Waals surface area contributed by atoms with Crippen molar-refractivity contribution in [2.24, 2.45) is 0 Å². The fraction of sp³-hybridized carbons (Fsp3) is 0.250. The summed E-state index contributed by atoms with van der Waals surface area (Å²) in [7, 11) is 1.56. The third-order valence-electron chi connectivity index (χ3n) is 4.97. The van der Waals surface area contributed by atoms with Crippen molar-refractivity contribution >= 4 is 11.8 Å².